The molecule has 34 heavy (non-hydrogen) atoms. The molecule has 2 aliphatic rings. The third kappa shape index (κ3) is 4.92. The standard InChI is InChI=1S/C26H31F2N3O3/c1-16-22(17-7-4-3-5-8-17)20-13-18(14-21(23(20)34-16)25(33)29-2)24(32)31-11-6-9-19-10-12-30-15-26(19,27)28/h3-5,7-8,13-14,16,19,22,30H,6,9-12,15H2,1-2H3,(H,29,33)(H,31,32). The second kappa shape index (κ2) is 10.1. The van der Waals surface area contributed by atoms with Gasteiger partial charge in [-0.05, 0) is 50.4 Å². The van der Waals surface area contributed by atoms with E-state index in [4.69, 9.17) is 4.74 Å². The number of fused-ring (bicyclic) bond motifs is 1. The first-order valence-corrected chi connectivity index (χ1v) is 11.8. The second-order valence-electron chi connectivity index (χ2n) is 9.05. The zero-order valence-corrected chi connectivity index (χ0v) is 19.5. The Morgan fingerprint density at radius 3 is 2.65 bits per heavy atom. The minimum absolute atomic E-state index is 0.116. The first-order chi connectivity index (χ1) is 16.3. The maximum Gasteiger partial charge on any atom is 0.263 e. The Balaban J connectivity index is 1.51. The third-order valence-electron chi connectivity index (χ3n) is 6.76. The minimum atomic E-state index is -2.71. The van der Waals surface area contributed by atoms with Gasteiger partial charge in [-0.2, -0.15) is 0 Å². The number of halogens is 2. The molecule has 2 aromatic rings. The van der Waals surface area contributed by atoms with Crippen molar-refractivity contribution in [3.63, 3.8) is 0 Å². The van der Waals surface area contributed by atoms with Gasteiger partial charge in [-0.25, -0.2) is 8.78 Å². The summed E-state index contributed by atoms with van der Waals surface area (Å²) in [6.07, 6.45) is 1.04. The van der Waals surface area contributed by atoms with Gasteiger partial charge in [-0.3, -0.25) is 9.59 Å². The van der Waals surface area contributed by atoms with Crippen LogP contribution >= 0.6 is 0 Å². The highest BCUT2D eigenvalue weighted by Crippen LogP contribution is 2.45. The first kappa shape index (κ1) is 24.1. The van der Waals surface area contributed by atoms with Crippen LogP contribution in [0.25, 0.3) is 0 Å². The van der Waals surface area contributed by atoms with Gasteiger partial charge >= 0.3 is 0 Å². The molecule has 0 aromatic heterocycles. The zero-order chi connectivity index (χ0) is 24.3. The number of hydrogen-bond acceptors (Lipinski definition) is 4. The van der Waals surface area contributed by atoms with Gasteiger partial charge < -0.3 is 20.7 Å². The molecule has 1 fully saturated rings. The van der Waals surface area contributed by atoms with Gasteiger partial charge in [-0.1, -0.05) is 30.3 Å². The van der Waals surface area contributed by atoms with Crippen molar-refractivity contribution in [1.82, 2.24) is 16.0 Å². The van der Waals surface area contributed by atoms with Crippen molar-refractivity contribution >= 4 is 11.8 Å². The molecule has 6 nitrogen and oxygen atoms in total. The lowest BCUT2D eigenvalue weighted by Crippen LogP contribution is -2.46. The molecule has 3 N–H and O–H groups in total. The van der Waals surface area contributed by atoms with E-state index in [-0.39, 0.29) is 30.4 Å². The number of nitrogens with one attached hydrogen (secondary N) is 3. The number of ether oxygens (including phenoxy) is 1. The van der Waals surface area contributed by atoms with Gasteiger partial charge in [0.15, 0.2) is 0 Å². The minimum Gasteiger partial charge on any atom is -0.489 e. The lowest BCUT2D eigenvalue weighted by molar-refractivity contribution is -0.0762. The molecule has 182 valence electrons. The van der Waals surface area contributed by atoms with E-state index in [0.717, 1.165) is 11.1 Å². The van der Waals surface area contributed by atoms with Crippen molar-refractivity contribution in [2.45, 2.75) is 44.1 Å². The fraction of sp³-hybridized carbons (Fsp3) is 0.462. The van der Waals surface area contributed by atoms with E-state index < -0.39 is 11.8 Å². The molecule has 4 rings (SSSR count). The van der Waals surface area contributed by atoms with Crippen LogP contribution in [0.2, 0.25) is 0 Å². The number of rotatable bonds is 7. The Hall–Kier alpha value is -3.00. The van der Waals surface area contributed by atoms with Gasteiger partial charge in [0, 0.05) is 36.6 Å². The second-order valence-corrected chi connectivity index (χ2v) is 9.05. The largest absolute Gasteiger partial charge is 0.489 e. The Morgan fingerprint density at radius 1 is 1.18 bits per heavy atom. The molecule has 2 heterocycles. The smallest absolute Gasteiger partial charge is 0.263 e. The molecule has 2 aromatic carbocycles. The average molecular weight is 472 g/mol. The number of benzene rings is 2. The molecule has 2 aliphatic heterocycles. The Kier molecular flexibility index (Phi) is 7.16. The molecule has 2 amide bonds. The van der Waals surface area contributed by atoms with Crippen molar-refractivity contribution in [2.75, 3.05) is 26.7 Å². The van der Waals surface area contributed by atoms with Crippen LogP contribution in [0, 0.1) is 5.92 Å². The number of hydrogen-bond donors (Lipinski definition) is 3. The van der Waals surface area contributed by atoms with E-state index in [9.17, 15) is 18.4 Å². The van der Waals surface area contributed by atoms with Gasteiger partial charge in [-0.15, -0.1) is 0 Å². The molecule has 0 saturated carbocycles. The molecule has 0 spiro atoms. The van der Waals surface area contributed by atoms with E-state index >= 15 is 0 Å². The number of piperidine rings is 1. The van der Waals surface area contributed by atoms with Crippen LogP contribution in [0.1, 0.15) is 63.9 Å². The number of alkyl halides is 2. The van der Waals surface area contributed by atoms with Crippen LogP contribution in [0.3, 0.4) is 0 Å². The van der Waals surface area contributed by atoms with Gasteiger partial charge in [0.2, 0.25) is 0 Å². The molecule has 8 heteroatoms. The van der Waals surface area contributed by atoms with Crippen LogP contribution in [0.4, 0.5) is 8.78 Å². The quantitative estimate of drug-likeness (QED) is 0.538. The predicted molar refractivity (Wildman–Crippen MR) is 126 cm³/mol. The highest BCUT2D eigenvalue weighted by Gasteiger charge is 2.41. The zero-order valence-electron chi connectivity index (χ0n) is 19.5. The SMILES string of the molecule is CNC(=O)c1cc(C(=O)NCCCC2CCNCC2(F)F)cc2c1OC(C)C2c1ccccc1. The Bertz CT molecular complexity index is 1050. The number of carbonyl (C=O) groups is 2. The maximum absolute atomic E-state index is 14.0. The summed E-state index contributed by atoms with van der Waals surface area (Å²) in [5.74, 6) is -3.68. The molecule has 0 radical (unpaired) electrons. The van der Waals surface area contributed by atoms with Crippen LogP contribution in [-0.2, 0) is 0 Å². The van der Waals surface area contributed by atoms with Crippen molar-refractivity contribution in [1.29, 1.82) is 0 Å². The van der Waals surface area contributed by atoms with Gasteiger partial charge in [0.05, 0.1) is 12.1 Å². The normalized spacial score (nSPS) is 23.0. The van der Waals surface area contributed by atoms with E-state index in [0.29, 0.717) is 49.2 Å². The molecular formula is C26H31F2N3O3. The average Bonchev–Trinajstić information content (AvgIpc) is 3.17. The fourth-order valence-electron chi connectivity index (χ4n) is 4.96. The summed E-state index contributed by atoms with van der Waals surface area (Å²) in [4.78, 5) is 25.6. The molecule has 0 aliphatic carbocycles. The van der Waals surface area contributed by atoms with Crippen LogP contribution in [0.5, 0.6) is 5.75 Å². The van der Waals surface area contributed by atoms with Gasteiger partial charge in [0.25, 0.3) is 17.7 Å². The summed E-state index contributed by atoms with van der Waals surface area (Å²) < 4.78 is 34.1. The van der Waals surface area contributed by atoms with Crippen molar-refractivity contribution in [2.24, 2.45) is 5.92 Å². The van der Waals surface area contributed by atoms with Gasteiger partial charge in [0.1, 0.15) is 11.9 Å². The topological polar surface area (TPSA) is 79.5 Å². The highest BCUT2D eigenvalue weighted by molar-refractivity contribution is 6.02. The first-order valence-electron chi connectivity index (χ1n) is 11.8. The molecular weight excluding hydrogens is 440 g/mol. The molecule has 3 atom stereocenters. The Morgan fingerprint density at radius 2 is 1.94 bits per heavy atom. The molecule has 1 saturated heterocycles. The summed E-state index contributed by atoms with van der Waals surface area (Å²) in [5.41, 5.74) is 2.49. The summed E-state index contributed by atoms with van der Waals surface area (Å²) in [6.45, 7) is 2.54. The van der Waals surface area contributed by atoms with Crippen molar-refractivity contribution < 1.29 is 23.1 Å². The number of carbonyl (C=O) groups excluding carboxylic acids is 2. The van der Waals surface area contributed by atoms with Crippen LogP contribution in [0.15, 0.2) is 42.5 Å². The summed E-state index contributed by atoms with van der Waals surface area (Å²) in [6, 6.07) is 13.1. The summed E-state index contributed by atoms with van der Waals surface area (Å²) >= 11 is 0. The van der Waals surface area contributed by atoms with Crippen molar-refractivity contribution in [3.8, 4) is 5.75 Å². The maximum atomic E-state index is 14.0. The number of amides is 2. The van der Waals surface area contributed by atoms with Crippen LogP contribution in [-0.4, -0.2) is 50.5 Å². The summed E-state index contributed by atoms with van der Waals surface area (Å²) in [7, 11) is 1.53. The monoisotopic (exact) mass is 471 g/mol. The Labute approximate surface area is 198 Å². The highest BCUT2D eigenvalue weighted by atomic mass is 19.3. The summed E-state index contributed by atoms with van der Waals surface area (Å²) in [5, 5.41) is 8.18. The fourth-order valence-corrected chi connectivity index (χ4v) is 4.96. The van der Waals surface area contributed by atoms with E-state index in [1.54, 1.807) is 6.07 Å². The van der Waals surface area contributed by atoms with E-state index in [1.165, 1.54) is 13.1 Å². The lowest BCUT2D eigenvalue weighted by Gasteiger charge is -2.31. The predicted octanol–water partition coefficient (Wildman–Crippen LogP) is 3.71. The lowest BCUT2D eigenvalue weighted by atomic mass is 9.87. The van der Waals surface area contributed by atoms with Crippen molar-refractivity contribution in [3.05, 3.63) is 64.7 Å². The van der Waals surface area contributed by atoms with E-state index in [1.807, 2.05) is 37.3 Å². The van der Waals surface area contributed by atoms with E-state index in [2.05, 4.69) is 16.0 Å². The van der Waals surface area contributed by atoms with Crippen LogP contribution < -0.4 is 20.7 Å². The molecule has 3 unspecified atom stereocenters. The third-order valence-corrected chi connectivity index (χ3v) is 6.76. The molecule has 0 bridgehead atoms.